The van der Waals surface area contributed by atoms with Gasteiger partial charge in [-0.15, -0.1) is 0 Å². The Morgan fingerprint density at radius 1 is 1.44 bits per heavy atom. The first-order valence-electron chi connectivity index (χ1n) is 6.55. The largest absolute Gasteiger partial charge is 0.394 e. The maximum absolute atomic E-state index is 12.4. The zero-order valence-electron chi connectivity index (χ0n) is 10.3. The zero-order chi connectivity index (χ0) is 12.5. The third-order valence-electron chi connectivity index (χ3n) is 3.94. The lowest BCUT2D eigenvalue weighted by Gasteiger charge is -2.26. The first-order valence-corrected chi connectivity index (χ1v) is 6.55. The third kappa shape index (κ3) is 1.86. The number of aliphatic hydroxyl groups excluding tert-OH is 1. The topological polar surface area (TPSA) is 52.6 Å². The Morgan fingerprint density at radius 2 is 2.28 bits per heavy atom. The molecule has 0 bridgehead atoms. The normalized spacial score (nSPS) is 25.9. The number of fused-ring (bicyclic) bond motifs is 1. The molecule has 2 atom stereocenters. The summed E-state index contributed by atoms with van der Waals surface area (Å²) in [6.45, 7) is 0.851. The molecule has 1 saturated heterocycles. The highest BCUT2D eigenvalue weighted by atomic mass is 16.3. The number of benzene rings is 1. The Balaban J connectivity index is 1.72. The number of carbonyl (C=O) groups excluding carboxylic acids is 1. The average molecular weight is 246 g/mol. The van der Waals surface area contributed by atoms with Crippen molar-refractivity contribution >= 4 is 11.6 Å². The van der Waals surface area contributed by atoms with E-state index in [1.54, 1.807) is 0 Å². The van der Waals surface area contributed by atoms with Crippen LogP contribution in [-0.2, 0) is 11.2 Å². The van der Waals surface area contributed by atoms with Crippen LogP contribution in [0.25, 0.3) is 0 Å². The summed E-state index contributed by atoms with van der Waals surface area (Å²) in [7, 11) is 0. The van der Waals surface area contributed by atoms with E-state index in [4.69, 9.17) is 0 Å². The van der Waals surface area contributed by atoms with E-state index in [9.17, 15) is 9.90 Å². The molecule has 4 heteroatoms. The Morgan fingerprint density at radius 3 is 3.06 bits per heavy atom. The standard InChI is InChI=1S/C14H18N2O2/c17-9-11-5-3-7-16(11)14(18)13-8-10-4-1-2-6-12(10)15-13/h1-2,4,6,11,13,15,17H,3,5,7-9H2/t11-,13-/m0/s1. The number of nitrogens with zero attached hydrogens (tertiary/aromatic N) is 1. The number of likely N-dealkylation sites (tertiary alicyclic amines) is 1. The molecule has 2 N–H and O–H groups in total. The minimum Gasteiger partial charge on any atom is -0.394 e. The fraction of sp³-hybridized carbons (Fsp3) is 0.500. The lowest BCUT2D eigenvalue weighted by atomic mass is 10.1. The number of amides is 1. The molecule has 3 rings (SSSR count). The molecule has 96 valence electrons. The van der Waals surface area contributed by atoms with E-state index in [0.717, 1.165) is 31.5 Å². The van der Waals surface area contributed by atoms with Crippen molar-refractivity contribution in [3.05, 3.63) is 29.8 Å². The van der Waals surface area contributed by atoms with Gasteiger partial charge in [-0.05, 0) is 24.5 Å². The van der Waals surface area contributed by atoms with Gasteiger partial charge in [-0.25, -0.2) is 0 Å². The Labute approximate surface area is 107 Å². The minimum atomic E-state index is -0.158. The summed E-state index contributed by atoms with van der Waals surface area (Å²) >= 11 is 0. The SMILES string of the molecule is O=C([C@@H]1Cc2ccccc2N1)N1CCC[C@H]1CO. The summed E-state index contributed by atoms with van der Waals surface area (Å²) in [5.41, 5.74) is 2.27. The Hall–Kier alpha value is -1.55. The van der Waals surface area contributed by atoms with Crippen LogP contribution in [0.5, 0.6) is 0 Å². The Kier molecular flexibility index (Phi) is 2.96. The summed E-state index contributed by atoms with van der Waals surface area (Å²) in [5.74, 6) is 0.128. The van der Waals surface area contributed by atoms with Gasteiger partial charge < -0.3 is 15.3 Å². The van der Waals surface area contributed by atoms with E-state index in [-0.39, 0.29) is 24.6 Å². The molecule has 2 aliphatic rings. The molecule has 4 nitrogen and oxygen atoms in total. The second-order valence-electron chi connectivity index (χ2n) is 5.07. The van der Waals surface area contributed by atoms with Gasteiger partial charge in [0, 0.05) is 18.7 Å². The van der Waals surface area contributed by atoms with Gasteiger partial charge in [-0.3, -0.25) is 4.79 Å². The summed E-state index contributed by atoms with van der Waals surface area (Å²) in [4.78, 5) is 14.3. The van der Waals surface area contributed by atoms with E-state index in [0.29, 0.717) is 0 Å². The number of aliphatic hydroxyl groups is 1. The first kappa shape index (κ1) is 11.5. The van der Waals surface area contributed by atoms with Crippen LogP contribution in [0, 0.1) is 0 Å². The first-order chi connectivity index (χ1) is 8.79. The predicted molar refractivity (Wildman–Crippen MR) is 69.4 cm³/mol. The van der Waals surface area contributed by atoms with Gasteiger partial charge in [0.15, 0.2) is 0 Å². The number of rotatable bonds is 2. The molecular weight excluding hydrogens is 228 g/mol. The molecule has 0 aliphatic carbocycles. The van der Waals surface area contributed by atoms with Crippen LogP contribution >= 0.6 is 0 Å². The summed E-state index contributed by atoms with van der Waals surface area (Å²) in [6.07, 6.45) is 2.67. The molecule has 2 aliphatic heterocycles. The predicted octanol–water partition coefficient (Wildman–Crippen LogP) is 1.01. The maximum Gasteiger partial charge on any atom is 0.245 e. The summed E-state index contributed by atoms with van der Waals surface area (Å²) < 4.78 is 0. The molecule has 0 aromatic heterocycles. The molecule has 0 radical (unpaired) electrons. The molecule has 1 amide bonds. The van der Waals surface area contributed by atoms with E-state index in [2.05, 4.69) is 11.4 Å². The van der Waals surface area contributed by atoms with E-state index < -0.39 is 0 Å². The molecule has 1 fully saturated rings. The van der Waals surface area contributed by atoms with Gasteiger partial charge in [0.25, 0.3) is 0 Å². The molecule has 1 aromatic rings. The number of hydrogen-bond acceptors (Lipinski definition) is 3. The van der Waals surface area contributed by atoms with Crippen molar-refractivity contribution in [2.75, 3.05) is 18.5 Å². The number of anilines is 1. The van der Waals surface area contributed by atoms with Crippen LogP contribution in [0.3, 0.4) is 0 Å². The van der Waals surface area contributed by atoms with Crippen molar-refractivity contribution < 1.29 is 9.90 Å². The van der Waals surface area contributed by atoms with Crippen molar-refractivity contribution in [1.29, 1.82) is 0 Å². The number of hydrogen-bond donors (Lipinski definition) is 2. The summed E-state index contributed by atoms with van der Waals surface area (Å²) in [5, 5.41) is 12.6. The molecule has 0 spiro atoms. The quantitative estimate of drug-likeness (QED) is 0.818. The number of para-hydroxylation sites is 1. The monoisotopic (exact) mass is 246 g/mol. The summed E-state index contributed by atoms with van der Waals surface area (Å²) in [6, 6.07) is 7.90. The lowest BCUT2D eigenvalue weighted by molar-refractivity contribution is -0.133. The van der Waals surface area contributed by atoms with Gasteiger partial charge in [0.1, 0.15) is 6.04 Å². The highest BCUT2D eigenvalue weighted by molar-refractivity contribution is 5.87. The van der Waals surface area contributed by atoms with Crippen LogP contribution in [0.1, 0.15) is 18.4 Å². The molecule has 1 aromatic carbocycles. The van der Waals surface area contributed by atoms with Crippen molar-refractivity contribution in [3.63, 3.8) is 0 Å². The second kappa shape index (κ2) is 4.61. The lowest BCUT2D eigenvalue weighted by Crippen LogP contribution is -2.45. The van der Waals surface area contributed by atoms with Crippen LogP contribution in [0.15, 0.2) is 24.3 Å². The molecule has 0 unspecified atom stereocenters. The highest BCUT2D eigenvalue weighted by Crippen LogP contribution is 2.27. The van der Waals surface area contributed by atoms with Crippen molar-refractivity contribution in [3.8, 4) is 0 Å². The van der Waals surface area contributed by atoms with E-state index >= 15 is 0 Å². The highest BCUT2D eigenvalue weighted by Gasteiger charge is 2.35. The Bertz CT molecular complexity index is 436. The van der Waals surface area contributed by atoms with E-state index in [1.807, 2.05) is 23.1 Å². The smallest absolute Gasteiger partial charge is 0.245 e. The fourth-order valence-corrected chi connectivity index (χ4v) is 2.96. The average Bonchev–Trinajstić information content (AvgIpc) is 3.03. The van der Waals surface area contributed by atoms with Gasteiger partial charge in [-0.1, -0.05) is 18.2 Å². The number of nitrogens with one attached hydrogen (secondary N) is 1. The second-order valence-corrected chi connectivity index (χ2v) is 5.07. The zero-order valence-corrected chi connectivity index (χ0v) is 10.3. The molecular formula is C14H18N2O2. The van der Waals surface area contributed by atoms with Crippen molar-refractivity contribution in [2.24, 2.45) is 0 Å². The van der Waals surface area contributed by atoms with Crippen LogP contribution < -0.4 is 5.32 Å². The van der Waals surface area contributed by atoms with Gasteiger partial charge in [0.05, 0.1) is 12.6 Å². The van der Waals surface area contributed by atoms with Crippen LogP contribution in [0.2, 0.25) is 0 Å². The fourth-order valence-electron chi connectivity index (χ4n) is 2.96. The van der Waals surface area contributed by atoms with Crippen LogP contribution in [0.4, 0.5) is 5.69 Å². The van der Waals surface area contributed by atoms with Gasteiger partial charge in [0.2, 0.25) is 5.91 Å². The van der Waals surface area contributed by atoms with Gasteiger partial charge in [-0.2, -0.15) is 0 Å². The van der Waals surface area contributed by atoms with E-state index in [1.165, 1.54) is 5.56 Å². The molecule has 0 saturated carbocycles. The molecule has 18 heavy (non-hydrogen) atoms. The van der Waals surface area contributed by atoms with Gasteiger partial charge >= 0.3 is 0 Å². The van der Waals surface area contributed by atoms with Crippen molar-refractivity contribution in [1.82, 2.24) is 4.90 Å². The third-order valence-corrected chi connectivity index (χ3v) is 3.94. The van der Waals surface area contributed by atoms with Crippen molar-refractivity contribution in [2.45, 2.75) is 31.3 Å². The maximum atomic E-state index is 12.4. The number of carbonyl (C=O) groups is 1. The molecule has 2 heterocycles. The van der Waals surface area contributed by atoms with Crippen LogP contribution in [-0.4, -0.2) is 41.1 Å². The minimum absolute atomic E-state index is 0.0167.